The van der Waals surface area contributed by atoms with E-state index in [4.69, 9.17) is 5.11 Å². The van der Waals surface area contributed by atoms with Crippen LogP contribution in [0, 0.1) is 0 Å². The van der Waals surface area contributed by atoms with E-state index >= 15 is 0 Å². The highest BCUT2D eigenvalue weighted by Crippen LogP contribution is 2.21. The molecule has 2 heterocycles. The Morgan fingerprint density at radius 3 is 2.94 bits per heavy atom. The van der Waals surface area contributed by atoms with Gasteiger partial charge in [-0.05, 0) is 19.1 Å². The summed E-state index contributed by atoms with van der Waals surface area (Å²) in [6.07, 6.45) is 0.897. The Morgan fingerprint density at radius 1 is 1.59 bits per heavy atom. The Balaban J connectivity index is 2.12. The lowest BCUT2D eigenvalue weighted by molar-refractivity contribution is 0.136. The minimum Gasteiger partial charge on any atom is -0.465 e. The molecule has 1 aromatic rings. The van der Waals surface area contributed by atoms with E-state index < -0.39 is 6.09 Å². The normalized spacial score (nSPS) is 20.5. The summed E-state index contributed by atoms with van der Waals surface area (Å²) >= 11 is 3.41. The molecule has 1 saturated heterocycles. The number of nitrogens with zero attached hydrogens (tertiary/aromatic N) is 3. The second-order valence-electron chi connectivity index (χ2n) is 4.10. The molecule has 1 fully saturated rings. The molecule has 2 rings (SSSR count). The van der Waals surface area contributed by atoms with Crippen LogP contribution in [0.3, 0.4) is 0 Å². The zero-order chi connectivity index (χ0) is 12.4. The molecule has 92 valence electrons. The van der Waals surface area contributed by atoms with Crippen LogP contribution in [0.25, 0.3) is 0 Å². The van der Waals surface area contributed by atoms with E-state index in [0.29, 0.717) is 19.6 Å². The molecule has 1 unspecified atom stereocenters. The molecule has 1 N–H and O–H groups in total. The van der Waals surface area contributed by atoms with Gasteiger partial charge in [0.25, 0.3) is 0 Å². The number of carboxylic acid groups (broad SMARTS) is 1. The van der Waals surface area contributed by atoms with Gasteiger partial charge in [0.1, 0.15) is 5.82 Å². The van der Waals surface area contributed by atoms with E-state index in [1.54, 1.807) is 6.20 Å². The summed E-state index contributed by atoms with van der Waals surface area (Å²) in [5.41, 5.74) is 0. The van der Waals surface area contributed by atoms with Crippen molar-refractivity contribution in [1.29, 1.82) is 0 Å². The average molecular weight is 300 g/mol. The minimum absolute atomic E-state index is 0.140. The number of anilines is 1. The van der Waals surface area contributed by atoms with Crippen LogP contribution in [0.2, 0.25) is 0 Å². The molecule has 1 aromatic heterocycles. The molecule has 0 aliphatic carbocycles. The van der Waals surface area contributed by atoms with Crippen LogP contribution in [0.15, 0.2) is 22.8 Å². The highest BCUT2D eigenvalue weighted by Gasteiger charge is 2.27. The van der Waals surface area contributed by atoms with E-state index in [2.05, 4.69) is 25.8 Å². The number of hydrogen-bond acceptors (Lipinski definition) is 3. The predicted molar refractivity (Wildman–Crippen MR) is 68.3 cm³/mol. The molecule has 1 amide bonds. The molecule has 6 heteroatoms. The molecule has 0 radical (unpaired) electrons. The predicted octanol–water partition coefficient (Wildman–Crippen LogP) is 2.03. The molecule has 0 saturated carbocycles. The van der Waals surface area contributed by atoms with Crippen molar-refractivity contribution in [2.45, 2.75) is 13.0 Å². The Hall–Kier alpha value is -1.30. The quantitative estimate of drug-likeness (QED) is 0.862. The van der Waals surface area contributed by atoms with E-state index in [-0.39, 0.29) is 6.04 Å². The number of pyridine rings is 1. The monoisotopic (exact) mass is 299 g/mol. The van der Waals surface area contributed by atoms with Crippen LogP contribution in [0.5, 0.6) is 0 Å². The summed E-state index contributed by atoms with van der Waals surface area (Å²) in [5.74, 6) is 0.886. The molecule has 0 bridgehead atoms. The first-order chi connectivity index (χ1) is 8.08. The third-order valence-corrected chi connectivity index (χ3v) is 3.39. The van der Waals surface area contributed by atoms with Crippen LogP contribution in [-0.4, -0.2) is 46.8 Å². The molecule has 5 nitrogen and oxygen atoms in total. The number of piperazine rings is 1. The van der Waals surface area contributed by atoms with Crippen LogP contribution in [0.4, 0.5) is 10.6 Å². The lowest BCUT2D eigenvalue weighted by Crippen LogP contribution is -2.53. The van der Waals surface area contributed by atoms with Crippen molar-refractivity contribution in [3.63, 3.8) is 0 Å². The summed E-state index contributed by atoms with van der Waals surface area (Å²) in [4.78, 5) is 18.8. The number of rotatable bonds is 1. The van der Waals surface area contributed by atoms with Gasteiger partial charge >= 0.3 is 6.09 Å². The van der Waals surface area contributed by atoms with Gasteiger partial charge < -0.3 is 14.9 Å². The molecule has 0 spiro atoms. The van der Waals surface area contributed by atoms with Gasteiger partial charge in [0.05, 0.1) is 0 Å². The van der Waals surface area contributed by atoms with Gasteiger partial charge in [-0.15, -0.1) is 0 Å². The second kappa shape index (κ2) is 4.91. The zero-order valence-corrected chi connectivity index (χ0v) is 11.1. The highest BCUT2D eigenvalue weighted by molar-refractivity contribution is 9.10. The molecule has 1 aliphatic rings. The molecule has 0 aromatic carbocycles. The van der Waals surface area contributed by atoms with Gasteiger partial charge in [-0.3, -0.25) is 0 Å². The maximum atomic E-state index is 10.9. The van der Waals surface area contributed by atoms with Crippen molar-refractivity contribution in [3.8, 4) is 0 Å². The van der Waals surface area contributed by atoms with E-state index in [1.165, 1.54) is 4.90 Å². The Bertz CT molecular complexity index is 427. The van der Waals surface area contributed by atoms with Gasteiger partial charge in [-0.25, -0.2) is 9.78 Å². The van der Waals surface area contributed by atoms with Crippen molar-refractivity contribution in [1.82, 2.24) is 9.88 Å². The Labute approximate surface area is 108 Å². The molecular weight excluding hydrogens is 286 g/mol. The van der Waals surface area contributed by atoms with Gasteiger partial charge in [0, 0.05) is 36.3 Å². The third-order valence-electron chi connectivity index (χ3n) is 2.90. The van der Waals surface area contributed by atoms with Gasteiger partial charge in [0.15, 0.2) is 0 Å². The zero-order valence-electron chi connectivity index (χ0n) is 9.51. The molecule has 1 atom stereocenters. The van der Waals surface area contributed by atoms with E-state index in [1.807, 2.05) is 19.1 Å². The number of carbonyl (C=O) groups is 1. The Kier molecular flexibility index (Phi) is 3.51. The van der Waals surface area contributed by atoms with Crippen molar-refractivity contribution in [2.75, 3.05) is 24.5 Å². The largest absolute Gasteiger partial charge is 0.465 e. The fraction of sp³-hybridized carbons (Fsp3) is 0.455. The highest BCUT2D eigenvalue weighted by atomic mass is 79.9. The van der Waals surface area contributed by atoms with Gasteiger partial charge in [-0.2, -0.15) is 0 Å². The first kappa shape index (κ1) is 12.2. The number of amides is 1. The van der Waals surface area contributed by atoms with Crippen molar-refractivity contribution in [3.05, 3.63) is 22.8 Å². The van der Waals surface area contributed by atoms with Crippen molar-refractivity contribution >= 4 is 27.8 Å². The summed E-state index contributed by atoms with van der Waals surface area (Å²) < 4.78 is 0.982. The summed E-state index contributed by atoms with van der Waals surface area (Å²) in [5, 5.41) is 8.94. The summed E-state index contributed by atoms with van der Waals surface area (Å²) in [6.45, 7) is 3.73. The second-order valence-corrected chi connectivity index (χ2v) is 5.02. The molecule has 17 heavy (non-hydrogen) atoms. The molecule has 1 aliphatic heterocycles. The lowest BCUT2D eigenvalue weighted by atomic mass is 10.2. The summed E-state index contributed by atoms with van der Waals surface area (Å²) in [7, 11) is 0. The Morgan fingerprint density at radius 2 is 2.35 bits per heavy atom. The molecular formula is C11H14BrN3O2. The van der Waals surface area contributed by atoms with Crippen LogP contribution in [0.1, 0.15) is 6.92 Å². The maximum absolute atomic E-state index is 10.9. The van der Waals surface area contributed by atoms with Gasteiger partial charge in [-0.1, -0.05) is 15.9 Å². The fourth-order valence-electron chi connectivity index (χ4n) is 2.02. The summed E-state index contributed by atoms with van der Waals surface area (Å²) in [6, 6.07) is 3.97. The van der Waals surface area contributed by atoms with Crippen molar-refractivity contribution < 1.29 is 9.90 Å². The van der Waals surface area contributed by atoms with Crippen LogP contribution in [-0.2, 0) is 0 Å². The SMILES string of the molecule is CC1CN(C(=O)O)CCN1c1cc(Br)ccn1. The van der Waals surface area contributed by atoms with Crippen LogP contribution >= 0.6 is 15.9 Å². The minimum atomic E-state index is -0.848. The van der Waals surface area contributed by atoms with Crippen molar-refractivity contribution in [2.24, 2.45) is 0 Å². The number of halogens is 1. The fourth-order valence-corrected chi connectivity index (χ4v) is 2.35. The topological polar surface area (TPSA) is 56.7 Å². The first-order valence-corrected chi connectivity index (χ1v) is 6.23. The lowest BCUT2D eigenvalue weighted by Gasteiger charge is -2.39. The van der Waals surface area contributed by atoms with Crippen LogP contribution < -0.4 is 4.90 Å². The van der Waals surface area contributed by atoms with E-state index in [9.17, 15) is 4.79 Å². The standard InChI is InChI=1S/C11H14BrN3O2/c1-8-7-14(11(16)17)4-5-15(8)10-6-9(12)2-3-13-10/h2-3,6,8H,4-5,7H2,1H3,(H,16,17). The van der Waals surface area contributed by atoms with Gasteiger partial charge in [0.2, 0.25) is 0 Å². The number of aromatic nitrogens is 1. The van der Waals surface area contributed by atoms with E-state index in [0.717, 1.165) is 10.3 Å². The smallest absolute Gasteiger partial charge is 0.407 e. The average Bonchev–Trinajstić information content (AvgIpc) is 2.28. The number of hydrogen-bond donors (Lipinski definition) is 1. The maximum Gasteiger partial charge on any atom is 0.407 e. The third kappa shape index (κ3) is 2.69. The first-order valence-electron chi connectivity index (χ1n) is 5.44.